The van der Waals surface area contributed by atoms with Gasteiger partial charge in [0.05, 0.1) is 6.54 Å². The van der Waals surface area contributed by atoms with E-state index in [1.807, 2.05) is 5.32 Å². The molecule has 0 aromatic heterocycles. The van der Waals surface area contributed by atoms with Crippen LogP contribution in [0.4, 0.5) is 0 Å². The molecule has 56 valence electrons. The van der Waals surface area contributed by atoms with Crippen LogP contribution in [0.15, 0.2) is 24.3 Å². The topological polar surface area (TPSA) is 16.6 Å². The molecule has 0 unspecified atom stereocenters. The Morgan fingerprint density at radius 3 is 3.00 bits per heavy atom. The summed E-state index contributed by atoms with van der Waals surface area (Å²) in [5, 5.41) is 1.93. The van der Waals surface area contributed by atoms with Gasteiger partial charge in [0.1, 0.15) is 0 Å². The van der Waals surface area contributed by atoms with Crippen molar-refractivity contribution in [3.05, 3.63) is 42.4 Å². The predicted octanol–water partition coefficient (Wildman–Crippen LogP) is 1.10. The maximum Gasteiger partial charge on any atom is 0.0773 e. The standard InChI is InChI=1S/C9H13N.H2/c1-8-4-3-5-9(6-8)7-10-2;/h3-6H,2,7,10H2,1H3;1H. The zero-order chi connectivity index (χ0) is 7.40. The number of hydrogen-bond acceptors (Lipinski definition) is 0. The molecule has 1 nitrogen and oxygen atoms in total. The molecule has 0 fully saturated rings. The van der Waals surface area contributed by atoms with E-state index in [9.17, 15) is 0 Å². The molecule has 10 heavy (non-hydrogen) atoms. The summed E-state index contributed by atoms with van der Waals surface area (Å²) >= 11 is 0. The molecule has 1 aromatic carbocycles. The fraction of sp³-hybridized carbons (Fsp3) is 0.222. The molecule has 0 radical (unpaired) electrons. The zero-order valence-electron chi connectivity index (χ0n) is 6.30. The second kappa shape index (κ2) is 3.37. The van der Waals surface area contributed by atoms with E-state index in [2.05, 4.69) is 38.2 Å². The van der Waals surface area contributed by atoms with Gasteiger partial charge in [-0.2, -0.15) is 7.05 Å². The average Bonchev–Trinajstić information content (AvgIpc) is 1.88. The molecule has 0 aliphatic carbocycles. The summed E-state index contributed by atoms with van der Waals surface area (Å²) in [5.74, 6) is 0. The number of quaternary nitrogens is 1. The molecular formula is C9H15N. The van der Waals surface area contributed by atoms with Gasteiger partial charge >= 0.3 is 0 Å². The lowest BCUT2D eigenvalue weighted by Crippen LogP contribution is -2.74. The number of hydrogen-bond donors (Lipinski definition) is 1. The maximum absolute atomic E-state index is 3.69. The number of benzene rings is 1. The molecule has 0 bridgehead atoms. The van der Waals surface area contributed by atoms with E-state index >= 15 is 0 Å². The summed E-state index contributed by atoms with van der Waals surface area (Å²) in [6, 6.07) is 8.48. The Kier molecular flexibility index (Phi) is 2.46. The molecule has 1 aromatic rings. The van der Waals surface area contributed by atoms with Gasteiger partial charge in [0.15, 0.2) is 0 Å². The molecule has 0 atom stereocenters. The van der Waals surface area contributed by atoms with Gasteiger partial charge in [-0.25, -0.2) is 0 Å². The van der Waals surface area contributed by atoms with E-state index in [1.165, 1.54) is 11.1 Å². The van der Waals surface area contributed by atoms with Gasteiger partial charge < -0.3 is 5.32 Å². The highest BCUT2D eigenvalue weighted by Crippen LogP contribution is 2.01. The van der Waals surface area contributed by atoms with E-state index in [0.717, 1.165) is 6.54 Å². The van der Waals surface area contributed by atoms with Gasteiger partial charge in [-0.1, -0.05) is 29.8 Å². The minimum atomic E-state index is 0. The smallest absolute Gasteiger partial charge is 0.0773 e. The van der Waals surface area contributed by atoms with Crippen molar-refractivity contribution in [2.75, 3.05) is 0 Å². The Hall–Kier alpha value is -0.820. The van der Waals surface area contributed by atoms with Crippen LogP contribution in [0.25, 0.3) is 0 Å². The summed E-state index contributed by atoms with van der Waals surface area (Å²) in [5.41, 5.74) is 2.66. The Morgan fingerprint density at radius 2 is 2.40 bits per heavy atom. The Balaban J connectivity index is 0.000001000. The van der Waals surface area contributed by atoms with Gasteiger partial charge in [-0.05, 0) is 6.92 Å². The number of rotatable bonds is 2. The number of nitrogens with two attached hydrogens (primary N) is 1. The summed E-state index contributed by atoms with van der Waals surface area (Å²) in [6.45, 7) is 3.08. The van der Waals surface area contributed by atoms with Crippen LogP contribution in [0.1, 0.15) is 12.6 Å². The molecule has 1 rings (SSSR count). The minimum absolute atomic E-state index is 0. The van der Waals surface area contributed by atoms with Crippen LogP contribution in [0.3, 0.4) is 0 Å². The van der Waals surface area contributed by atoms with Crippen LogP contribution >= 0.6 is 0 Å². The third-order valence-electron chi connectivity index (χ3n) is 1.46. The van der Waals surface area contributed by atoms with Crippen LogP contribution in [0, 0.1) is 14.0 Å². The van der Waals surface area contributed by atoms with Crippen molar-refractivity contribution in [2.45, 2.75) is 13.5 Å². The first-order chi connectivity index (χ1) is 4.83. The normalized spacial score (nSPS) is 9.80. The van der Waals surface area contributed by atoms with Gasteiger partial charge in [0.2, 0.25) is 0 Å². The summed E-state index contributed by atoms with van der Waals surface area (Å²) in [4.78, 5) is 0. The van der Waals surface area contributed by atoms with Crippen molar-refractivity contribution in [3.8, 4) is 0 Å². The quantitative estimate of drug-likeness (QED) is 0.588. The van der Waals surface area contributed by atoms with E-state index in [-0.39, 0.29) is 1.43 Å². The van der Waals surface area contributed by atoms with Gasteiger partial charge in [-0.15, -0.1) is 0 Å². The maximum atomic E-state index is 3.69. The van der Waals surface area contributed by atoms with Crippen molar-refractivity contribution in [1.29, 1.82) is 0 Å². The van der Waals surface area contributed by atoms with Crippen molar-refractivity contribution in [2.24, 2.45) is 0 Å². The van der Waals surface area contributed by atoms with Gasteiger partial charge in [0, 0.05) is 6.99 Å². The highest BCUT2D eigenvalue weighted by Gasteiger charge is 1.89. The molecular weight excluding hydrogens is 122 g/mol. The molecule has 1 heteroatoms. The van der Waals surface area contributed by atoms with Crippen LogP contribution in [-0.4, -0.2) is 0 Å². The highest BCUT2D eigenvalue weighted by molar-refractivity contribution is 5.21. The second-order valence-electron chi connectivity index (χ2n) is 2.48. The molecule has 2 N–H and O–H groups in total. The van der Waals surface area contributed by atoms with Crippen LogP contribution in [0.5, 0.6) is 0 Å². The van der Waals surface area contributed by atoms with Crippen molar-refractivity contribution >= 4 is 0 Å². The van der Waals surface area contributed by atoms with Crippen LogP contribution in [-0.2, 0) is 6.54 Å². The molecule has 0 saturated carbocycles. The van der Waals surface area contributed by atoms with E-state index in [0.29, 0.717) is 0 Å². The van der Waals surface area contributed by atoms with Crippen LogP contribution in [0.2, 0.25) is 0 Å². The molecule has 0 amide bonds. The first-order valence-electron chi connectivity index (χ1n) is 3.49. The SMILES string of the molecule is [CH2-][NH2+]Cc1cccc(C)c1.[HH]. The van der Waals surface area contributed by atoms with Crippen molar-refractivity contribution in [3.63, 3.8) is 0 Å². The third-order valence-corrected chi connectivity index (χ3v) is 1.46. The fourth-order valence-electron chi connectivity index (χ4n) is 1.01. The summed E-state index contributed by atoms with van der Waals surface area (Å²) in [6.07, 6.45) is 0. The zero-order valence-corrected chi connectivity index (χ0v) is 6.30. The predicted molar refractivity (Wildman–Crippen MR) is 44.3 cm³/mol. The van der Waals surface area contributed by atoms with Crippen molar-refractivity contribution < 1.29 is 6.74 Å². The average molecular weight is 137 g/mol. The van der Waals surface area contributed by atoms with Crippen molar-refractivity contribution in [1.82, 2.24) is 0 Å². The van der Waals surface area contributed by atoms with E-state index < -0.39 is 0 Å². The Bertz CT molecular complexity index is 210. The largest absolute Gasteiger partial charge is 0.475 e. The minimum Gasteiger partial charge on any atom is -0.475 e. The lowest BCUT2D eigenvalue weighted by Gasteiger charge is -2.00. The highest BCUT2D eigenvalue weighted by atomic mass is 14.8. The second-order valence-corrected chi connectivity index (χ2v) is 2.48. The summed E-state index contributed by atoms with van der Waals surface area (Å²) < 4.78 is 0. The first kappa shape index (κ1) is 7.29. The lowest BCUT2D eigenvalue weighted by atomic mass is 10.1. The monoisotopic (exact) mass is 137 g/mol. The number of aryl methyl sites for hydroxylation is 1. The van der Waals surface area contributed by atoms with Crippen LogP contribution < -0.4 is 5.32 Å². The molecule has 0 saturated heterocycles. The Labute approximate surface area is 63.6 Å². The fourth-order valence-corrected chi connectivity index (χ4v) is 1.01. The molecule has 0 aliphatic heterocycles. The molecule has 0 spiro atoms. The molecule has 0 heterocycles. The van der Waals surface area contributed by atoms with E-state index in [4.69, 9.17) is 0 Å². The third kappa shape index (κ3) is 1.85. The first-order valence-corrected chi connectivity index (χ1v) is 3.49. The van der Waals surface area contributed by atoms with Gasteiger partial charge in [0.25, 0.3) is 0 Å². The van der Waals surface area contributed by atoms with E-state index in [1.54, 1.807) is 0 Å². The lowest BCUT2D eigenvalue weighted by molar-refractivity contribution is -0.612. The Morgan fingerprint density at radius 1 is 1.60 bits per heavy atom. The summed E-state index contributed by atoms with van der Waals surface area (Å²) in [7, 11) is 3.69. The van der Waals surface area contributed by atoms with Gasteiger partial charge in [-0.3, -0.25) is 0 Å². The molecule has 0 aliphatic rings.